The van der Waals surface area contributed by atoms with Crippen molar-refractivity contribution in [2.75, 3.05) is 17.6 Å². The molecule has 2 heterocycles. The van der Waals surface area contributed by atoms with Crippen molar-refractivity contribution in [3.63, 3.8) is 0 Å². The first-order valence-corrected chi connectivity index (χ1v) is 12.6. The number of carbonyl (C=O) groups excluding carboxylic acids is 2. The maximum Gasteiger partial charge on any atom is 0.254 e. The summed E-state index contributed by atoms with van der Waals surface area (Å²) in [4.78, 5) is 27.5. The zero-order valence-corrected chi connectivity index (χ0v) is 20.9. The molecule has 7 nitrogen and oxygen atoms in total. The molecule has 1 aliphatic heterocycles. The van der Waals surface area contributed by atoms with Gasteiger partial charge in [0.05, 0.1) is 11.8 Å². The fraction of sp³-hybridized carbons (Fsp3) is 0.385. The molecule has 0 radical (unpaired) electrons. The van der Waals surface area contributed by atoms with Crippen molar-refractivity contribution >= 4 is 29.3 Å². The molecule has 34 heavy (non-hydrogen) atoms. The number of aryl methyl sites for hydroxylation is 1. The van der Waals surface area contributed by atoms with Gasteiger partial charge >= 0.3 is 0 Å². The molecule has 1 atom stereocenters. The highest BCUT2D eigenvalue weighted by Gasteiger charge is 2.34. The molecular weight excluding hydrogens is 446 g/mol. The van der Waals surface area contributed by atoms with Gasteiger partial charge in [0.2, 0.25) is 5.91 Å². The van der Waals surface area contributed by atoms with Crippen LogP contribution in [0.4, 0.5) is 5.69 Å². The molecule has 2 aromatic carbocycles. The molecular formula is C26H31N5O2S. The summed E-state index contributed by atoms with van der Waals surface area (Å²) < 4.78 is 1.90. The molecule has 1 aromatic heterocycles. The quantitative estimate of drug-likeness (QED) is 0.487. The molecule has 0 aliphatic carbocycles. The van der Waals surface area contributed by atoms with Crippen LogP contribution < -0.4 is 5.32 Å². The Kier molecular flexibility index (Phi) is 7.36. The molecule has 0 bridgehead atoms. The molecule has 0 spiro atoms. The minimum absolute atomic E-state index is 0.0163. The summed E-state index contributed by atoms with van der Waals surface area (Å²) in [7, 11) is 1.90. The Morgan fingerprint density at radius 2 is 1.79 bits per heavy atom. The Hall–Kier alpha value is -3.13. The Morgan fingerprint density at radius 3 is 2.47 bits per heavy atom. The summed E-state index contributed by atoms with van der Waals surface area (Å²) in [5.41, 5.74) is 3.83. The molecule has 2 amide bonds. The smallest absolute Gasteiger partial charge is 0.254 e. The van der Waals surface area contributed by atoms with Crippen molar-refractivity contribution in [2.45, 2.75) is 50.7 Å². The Labute approximate surface area is 205 Å². The Balaban J connectivity index is 1.38. The fourth-order valence-electron chi connectivity index (χ4n) is 4.16. The van der Waals surface area contributed by atoms with Gasteiger partial charge in [-0.15, -0.1) is 10.2 Å². The molecule has 4 rings (SSSR count). The number of anilines is 1. The van der Waals surface area contributed by atoms with Crippen molar-refractivity contribution < 1.29 is 9.59 Å². The van der Waals surface area contributed by atoms with Crippen LogP contribution in [-0.2, 0) is 11.8 Å². The minimum Gasteiger partial charge on any atom is -0.328 e. The first kappa shape index (κ1) is 24.0. The lowest BCUT2D eigenvalue weighted by atomic mass is 10.0. The maximum absolute atomic E-state index is 13.1. The first-order valence-electron chi connectivity index (χ1n) is 11.6. The minimum atomic E-state index is -0.117. The van der Waals surface area contributed by atoms with Crippen molar-refractivity contribution in [3.8, 4) is 0 Å². The van der Waals surface area contributed by atoms with Gasteiger partial charge in [0, 0.05) is 24.8 Å². The average Bonchev–Trinajstić information content (AvgIpc) is 3.44. The third-order valence-electron chi connectivity index (χ3n) is 6.17. The van der Waals surface area contributed by atoms with Crippen LogP contribution in [0.25, 0.3) is 0 Å². The van der Waals surface area contributed by atoms with E-state index in [1.54, 1.807) is 0 Å². The van der Waals surface area contributed by atoms with Crippen LogP contribution in [0.3, 0.4) is 0 Å². The van der Waals surface area contributed by atoms with Gasteiger partial charge in [0.25, 0.3) is 5.91 Å². The molecule has 1 fully saturated rings. The molecule has 1 N–H and O–H groups in total. The highest BCUT2D eigenvalue weighted by Crippen LogP contribution is 2.33. The van der Waals surface area contributed by atoms with Gasteiger partial charge in [-0.25, -0.2) is 0 Å². The van der Waals surface area contributed by atoms with Gasteiger partial charge in [-0.3, -0.25) is 9.59 Å². The molecule has 1 unspecified atom stereocenters. The molecule has 8 heteroatoms. The lowest BCUT2D eigenvalue weighted by Crippen LogP contribution is -2.31. The number of likely N-dealkylation sites (tertiary alicyclic amines) is 1. The number of amides is 2. The van der Waals surface area contributed by atoms with E-state index < -0.39 is 0 Å². The standard InChI is InChI=1S/C26H31N5O2S/c1-17(2)19-11-13-21(14-12-19)27-23(32)16-34-26-29-28-24(30(26)4)22-6-5-15-31(22)25(33)20-9-7-18(3)8-10-20/h7-14,17,22H,5-6,15-16H2,1-4H3,(H,27,32). The van der Waals surface area contributed by atoms with E-state index in [4.69, 9.17) is 0 Å². The second kappa shape index (κ2) is 10.4. The molecule has 1 aliphatic rings. The van der Waals surface area contributed by atoms with E-state index in [9.17, 15) is 9.59 Å². The summed E-state index contributed by atoms with van der Waals surface area (Å²) in [6, 6.07) is 15.5. The highest BCUT2D eigenvalue weighted by molar-refractivity contribution is 7.99. The van der Waals surface area contributed by atoms with E-state index >= 15 is 0 Å². The van der Waals surface area contributed by atoms with Crippen molar-refractivity contribution in [3.05, 3.63) is 71.0 Å². The van der Waals surface area contributed by atoms with E-state index in [0.29, 0.717) is 23.2 Å². The fourth-order valence-corrected chi connectivity index (χ4v) is 4.88. The summed E-state index contributed by atoms with van der Waals surface area (Å²) in [6.07, 6.45) is 1.77. The van der Waals surface area contributed by atoms with Gasteiger partial charge in [-0.05, 0) is 55.5 Å². The lowest BCUT2D eigenvalue weighted by molar-refractivity contribution is -0.113. The number of rotatable bonds is 7. The summed E-state index contributed by atoms with van der Waals surface area (Å²) in [5.74, 6) is 1.36. The third-order valence-corrected chi connectivity index (χ3v) is 7.19. The molecule has 178 valence electrons. The van der Waals surface area contributed by atoms with Crippen LogP contribution >= 0.6 is 11.8 Å². The number of hydrogen-bond acceptors (Lipinski definition) is 5. The molecule has 3 aromatic rings. The second-order valence-electron chi connectivity index (χ2n) is 9.04. The van der Waals surface area contributed by atoms with Crippen LogP contribution in [0.1, 0.15) is 66.0 Å². The van der Waals surface area contributed by atoms with Crippen LogP contribution in [-0.4, -0.2) is 43.8 Å². The summed E-state index contributed by atoms with van der Waals surface area (Å²) in [5, 5.41) is 12.3. The van der Waals surface area contributed by atoms with Crippen LogP contribution in [0.5, 0.6) is 0 Å². The van der Waals surface area contributed by atoms with Crippen LogP contribution in [0, 0.1) is 6.92 Å². The lowest BCUT2D eigenvalue weighted by Gasteiger charge is -2.24. The summed E-state index contributed by atoms with van der Waals surface area (Å²) in [6.45, 7) is 6.99. The highest BCUT2D eigenvalue weighted by atomic mass is 32.2. The van der Waals surface area contributed by atoms with Gasteiger partial charge in [-0.2, -0.15) is 0 Å². The zero-order valence-electron chi connectivity index (χ0n) is 20.1. The Morgan fingerprint density at radius 1 is 1.09 bits per heavy atom. The van der Waals surface area contributed by atoms with Gasteiger partial charge in [0.1, 0.15) is 0 Å². The van der Waals surface area contributed by atoms with E-state index in [1.165, 1.54) is 17.3 Å². The number of nitrogens with zero attached hydrogens (tertiary/aromatic N) is 4. The van der Waals surface area contributed by atoms with E-state index in [2.05, 4.69) is 29.4 Å². The predicted molar refractivity (Wildman–Crippen MR) is 135 cm³/mol. The van der Waals surface area contributed by atoms with E-state index in [-0.39, 0.29) is 23.6 Å². The first-order chi connectivity index (χ1) is 16.3. The zero-order chi connectivity index (χ0) is 24.2. The number of hydrogen-bond donors (Lipinski definition) is 1. The van der Waals surface area contributed by atoms with E-state index in [0.717, 1.165) is 29.9 Å². The number of carbonyl (C=O) groups is 2. The Bertz CT molecular complexity index is 1150. The van der Waals surface area contributed by atoms with Gasteiger partial charge in [-0.1, -0.05) is 55.4 Å². The number of nitrogens with one attached hydrogen (secondary N) is 1. The van der Waals surface area contributed by atoms with Crippen molar-refractivity contribution in [1.29, 1.82) is 0 Å². The van der Waals surface area contributed by atoms with Crippen LogP contribution in [0.2, 0.25) is 0 Å². The van der Waals surface area contributed by atoms with E-state index in [1.807, 2.05) is 72.0 Å². The topological polar surface area (TPSA) is 80.1 Å². The van der Waals surface area contributed by atoms with Gasteiger partial charge < -0.3 is 14.8 Å². The molecule has 0 saturated carbocycles. The predicted octanol–water partition coefficient (Wildman–Crippen LogP) is 4.96. The van der Waals surface area contributed by atoms with Gasteiger partial charge in [0.15, 0.2) is 11.0 Å². The van der Waals surface area contributed by atoms with Crippen LogP contribution in [0.15, 0.2) is 53.7 Å². The maximum atomic E-state index is 13.1. The van der Waals surface area contributed by atoms with Crippen molar-refractivity contribution in [2.24, 2.45) is 7.05 Å². The number of thioether (sulfide) groups is 1. The number of benzene rings is 2. The third kappa shape index (κ3) is 5.33. The molecule has 1 saturated heterocycles. The normalized spacial score (nSPS) is 15.7. The second-order valence-corrected chi connectivity index (χ2v) is 9.98. The summed E-state index contributed by atoms with van der Waals surface area (Å²) >= 11 is 1.34. The largest absolute Gasteiger partial charge is 0.328 e. The van der Waals surface area contributed by atoms with Crippen molar-refractivity contribution in [1.82, 2.24) is 19.7 Å². The number of aromatic nitrogens is 3. The average molecular weight is 478 g/mol. The SMILES string of the molecule is Cc1ccc(C(=O)N2CCCC2c2nnc(SCC(=O)Nc3ccc(C(C)C)cc3)n2C)cc1. The monoisotopic (exact) mass is 477 g/mol.